The fourth-order valence-electron chi connectivity index (χ4n) is 3.81. The van der Waals surface area contributed by atoms with Crippen LogP contribution in [-0.2, 0) is 11.6 Å². The number of rotatable bonds is 6. The van der Waals surface area contributed by atoms with Crippen LogP contribution in [0.15, 0.2) is 91.0 Å². The van der Waals surface area contributed by atoms with Crippen LogP contribution in [0, 0.1) is 0 Å². The van der Waals surface area contributed by atoms with E-state index in [4.69, 9.17) is 5.10 Å². The first-order valence-corrected chi connectivity index (χ1v) is 13.7. The number of nitrogens with zero attached hydrogens (tertiary/aromatic N) is 4. The van der Waals surface area contributed by atoms with Crippen molar-refractivity contribution in [3.8, 4) is 0 Å². The first-order chi connectivity index (χ1) is 14.0. The van der Waals surface area contributed by atoms with Gasteiger partial charge < -0.3 is 0 Å². The molecular formula is C24H26N4Si. The van der Waals surface area contributed by atoms with Crippen LogP contribution in [0.4, 0.5) is 0 Å². The van der Waals surface area contributed by atoms with E-state index in [0.29, 0.717) is 0 Å². The SMILES string of the molecule is C[Si](C)(C)Cc1nnn(C(c2ccccc2)(c2ccccc2)c2ccccc2)n1. The van der Waals surface area contributed by atoms with Crippen molar-refractivity contribution < 1.29 is 0 Å². The molecule has 0 fully saturated rings. The fraction of sp³-hybridized carbons (Fsp3) is 0.208. The highest BCUT2D eigenvalue weighted by atomic mass is 28.3. The standard InChI is InChI=1S/C24H26N4Si/c1-29(2,3)19-23-25-27-28(26-23)24(20-13-7-4-8-14-20,21-15-9-5-10-16-21)22-17-11-6-12-18-22/h4-18H,19H2,1-3H3. The molecule has 0 unspecified atom stereocenters. The Balaban J connectivity index is 2.01. The maximum Gasteiger partial charge on any atom is 0.172 e. The van der Waals surface area contributed by atoms with Crippen LogP contribution in [0.25, 0.3) is 0 Å². The maximum absolute atomic E-state index is 4.93. The topological polar surface area (TPSA) is 43.6 Å². The zero-order valence-electron chi connectivity index (χ0n) is 17.2. The molecule has 4 nitrogen and oxygen atoms in total. The normalized spacial score (nSPS) is 12.1. The molecule has 0 spiro atoms. The van der Waals surface area contributed by atoms with Crippen molar-refractivity contribution in [3.05, 3.63) is 114 Å². The summed E-state index contributed by atoms with van der Waals surface area (Å²) in [6.45, 7) is 6.98. The van der Waals surface area contributed by atoms with Crippen molar-refractivity contribution in [1.82, 2.24) is 20.2 Å². The van der Waals surface area contributed by atoms with Gasteiger partial charge in [0.15, 0.2) is 11.4 Å². The van der Waals surface area contributed by atoms with Gasteiger partial charge in [0.25, 0.3) is 0 Å². The van der Waals surface area contributed by atoms with Crippen LogP contribution in [-0.4, -0.2) is 28.3 Å². The van der Waals surface area contributed by atoms with Crippen molar-refractivity contribution in [2.24, 2.45) is 0 Å². The van der Waals surface area contributed by atoms with E-state index in [1.807, 2.05) is 23.0 Å². The second-order valence-corrected chi connectivity index (χ2v) is 14.0. The summed E-state index contributed by atoms with van der Waals surface area (Å²) in [4.78, 5) is 1.81. The molecule has 0 aliphatic heterocycles. The fourth-order valence-corrected chi connectivity index (χ4v) is 4.91. The summed E-state index contributed by atoms with van der Waals surface area (Å²) >= 11 is 0. The van der Waals surface area contributed by atoms with Crippen molar-refractivity contribution in [1.29, 1.82) is 0 Å². The van der Waals surface area contributed by atoms with Crippen molar-refractivity contribution in [2.45, 2.75) is 31.2 Å². The number of benzene rings is 3. The van der Waals surface area contributed by atoms with E-state index in [1.165, 1.54) is 0 Å². The molecule has 5 heteroatoms. The molecule has 0 aliphatic rings. The summed E-state index contributed by atoms with van der Waals surface area (Å²) in [5.41, 5.74) is 2.63. The third-order valence-corrected chi connectivity index (χ3v) is 6.40. The Morgan fingerprint density at radius 1 is 0.690 bits per heavy atom. The van der Waals surface area contributed by atoms with E-state index in [2.05, 4.69) is 103 Å². The minimum atomic E-state index is -1.36. The van der Waals surface area contributed by atoms with Crippen molar-refractivity contribution in [3.63, 3.8) is 0 Å². The monoisotopic (exact) mass is 398 g/mol. The van der Waals surface area contributed by atoms with Gasteiger partial charge in [-0.15, -0.1) is 15.0 Å². The maximum atomic E-state index is 4.93. The average Bonchev–Trinajstić information content (AvgIpc) is 3.18. The van der Waals surface area contributed by atoms with Crippen LogP contribution in [0.3, 0.4) is 0 Å². The molecular weight excluding hydrogens is 372 g/mol. The second kappa shape index (κ2) is 7.76. The molecule has 1 aromatic heterocycles. The third kappa shape index (κ3) is 3.78. The number of hydrogen-bond acceptors (Lipinski definition) is 3. The lowest BCUT2D eigenvalue weighted by Gasteiger charge is -2.34. The predicted octanol–water partition coefficient (Wildman–Crippen LogP) is 4.93. The number of aromatic nitrogens is 4. The van der Waals surface area contributed by atoms with Crippen LogP contribution >= 0.6 is 0 Å². The molecule has 3 aromatic carbocycles. The van der Waals surface area contributed by atoms with Gasteiger partial charge in [0.2, 0.25) is 0 Å². The Morgan fingerprint density at radius 3 is 1.48 bits per heavy atom. The lowest BCUT2D eigenvalue weighted by atomic mass is 9.77. The van der Waals surface area contributed by atoms with E-state index in [-0.39, 0.29) is 0 Å². The molecule has 0 saturated carbocycles. The summed E-state index contributed by atoms with van der Waals surface area (Å²) in [5.74, 6) is 0.816. The van der Waals surface area contributed by atoms with E-state index < -0.39 is 13.6 Å². The van der Waals surface area contributed by atoms with Gasteiger partial charge in [0, 0.05) is 6.04 Å². The summed E-state index contributed by atoms with van der Waals surface area (Å²) in [5, 5.41) is 14.0. The Labute approximate surface area is 173 Å². The summed E-state index contributed by atoms with van der Waals surface area (Å²) in [6.07, 6.45) is 0. The smallest absolute Gasteiger partial charge is 0.144 e. The van der Waals surface area contributed by atoms with Gasteiger partial charge in [0.05, 0.1) is 8.07 Å². The van der Waals surface area contributed by atoms with Gasteiger partial charge >= 0.3 is 0 Å². The van der Waals surface area contributed by atoms with Crippen LogP contribution < -0.4 is 0 Å². The first kappa shape index (κ1) is 19.3. The molecule has 0 atom stereocenters. The van der Waals surface area contributed by atoms with Crippen molar-refractivity contribution in [2.75, 3.05) is 0 Å². The van der Waals surface area contributed by atoms with E-state index in [0.717, 1.165) is 28.6 Å². The van der Waals surface area contributed by atoms with E-state index in [9.17, 15) is 0 Å². The lowest BCUT2D eigenvalue weighted by Crippen LogP contribution is -2.39. The quantitative estimate of drug-likeness (QED) is 0.341. The molecule has 0 N–H and O–H groups in total. The van der Waals surface area contributed by atoms with Gasteiger partial charge in [-0.25, -0.2) is 0 Å². The largest absolute Gasteiger partial charge is 0.172 e. The predicted molar refractivity (Wildman–Crippen MR) is 119 cm³/mol. The van der Waals surface area contributed by atoms with E-state index >= 15 is 0 Å². The van der Waals surface area contributed by atoms with E-state index in [1.54, 1.807) is 0 Å². The molecule has 0 bridgehead atoms. The highest BCUT2D eigenvalue weighted by Gasteiger charge is 2.41. The molecule has 0 amide bonds. The van der Waals surface area contributed by atoms with Crippen LogP contribution in [0.1, 0.15) is 22.5 Å². The molecule has 0 saturated heterocycles. The third-order valence-electron chi connectivity index (χ3n) is 5.02. The summed E-state index contributed by atoms with van der Waals surface area (Å²) in [6, 6.07) is 32.3. The highest BCUT2D eigenvalue weighted by Crippen LogP contribution is 2.39. The zero-order chi connectivity index (χ0) is 20.3. The van der Waals surface area contributed by atoms with Gasteiger partial charge in [-0.2, -0.15) is 0 Å². The second-order valence-electron chi connectivity index (χ2n) is 8.54. The Hall–Kier alpha value is -3.05. The molecule has 146 valence electrons. The Morgan fingerprint density at radius 2 is 1.10 bits per heavy atom. The zero-order valence-corrected chi connectivity index (χ0v) is 18.2. The van der Waals surface area contributed by atoms with Gasteiger partial charge in [-0.1, -0.05) is 111 Å². The van der Waals surface area contributed by atoms with Gasteiger partial charge in [0.1, 0.15) is 0 Å². The minimum absolute atomic E-state index is 0.686. The summed E-state index contributed by atoms with van der Waals surface area (Å²) < 4.78 is 0. The van der Waals surface area contributed by atoms with Crippen LogP contribution in [0.5, 0.6) is 0 Å². The molecule has 1 heterocycles. The molecule has 29 heavy (non-hydrogen) atoms. The minimum Gasteiger partial charge on any atom is -0.144 e. The number of hydrogen-bond donors (Lipinski definition) is 0. The van der Waals surface area contributed by atoms with Gasteiger partial charge in [-0.05, 0) is 21.9 Å². The first-order valence-electron chi connectivity index (χ1n) is 9.96. The Bertz CT molecular complexity index is 958. The Kier molecular flexibility index (Phi) is 5.15. The molecule has 0 radical (unpaired) electrons. The molecule has 4 rings (SSSR count). The molecule has 4 aromatic rings. The lowest BCUT2D eigenvalue weighted by molar-refractivity contribution is 0.394. The summed E-state index contributed by atoms with van der Waals surface area (Å²) in [7, 11) is -1.36. The number of tetrazole rings is 1. The molecule has 0 aliphatic carbocycles. The highest BCUT2D eigenvalue weighted by molar-refractivity contribution is 6.75. The van der Waals surface area contributed by atoms with Crippen molar-refractivity contribution >= 4 is 8.07 Å². The average molecular weight is 399 g/mol. The van der Waals surface area contributed by atoms with Crippen LogP contribution in [0.2, 0.25) is 19.6 Å². The van der Waals surface area contributed by atoms with Gasteiger partial charge in [-0.3, -0.25) is 0 Å².